The Morgan fingerprint density at radius 2 is 1.76 bits per heavy atom. The fourth-order valence-corrected chi connectivity index (χ4v) is 3.70. The minimum absolute atomic E-state index is 0.00638. The first kappa shape index (κ1) is 20.9. The van der Waals surface area contributed by atoms with E-state index in [-0.39, 0.29) is 29.1 Å². The second kappa shape index (κ2) is 8.51. The predicted octanol–water partition coefficient (Wildman–Crippen LogP) is 4.73. The van der Waals surface area contributed by atoms with E-state index in [1.165, 1.54) is 0 Å². The van der Waals surface area contributed by atoms with E-state index in [0.717, 1.165) is 0 Å². The number of carbonyl (C=O) groups is 1. The van der Waals surface area contributed by atoms with Crippen LogP contribution in [0.25, 0.3) is 33.3 Å². The molecule has 0 aliphatic heterocycles. The van der Waals surface area contributed by atoms with Crippen LogP contribution in [0.3, 0.4) is 0 Å². The molecule has 3 N–H and O–H groups in total. The fraction of sp³-hybridized carbons (Fsp3) is 0.0417. The van der Waals surface area contributed by atoms with Crippen LogP contribution in [0.4, 0.5) is 16.2 Å². The van der Waals surface area contributed by atoms with E-state index in [9.17, 15) is 19.7 Å². The van der Waals surface area contributed by atoms with Crippen LogP contribution >= 0.6 is 0 Å². The van der Waals surface area contributed by atoms with Gasteiger partial charge in [0.05, 0.1) is 26.9 Å². The number of nitrogens with one attached hydrogen (secondary N) is 3. The van der Waals surface area contributed by atoms with Crippen molar-refractivity contribution in [2.24, 2.45) is 0 Å². The van der Waals surface area contributed by atoms with Gasteiger partial charge in [0.15, 0.2) is 5.69 Å². The molecule has 0 saturated heterocycles. The van der Waals surface area contributed by atoms with Crippen LogP contribution in [0.1, 0.15) is 5.56 Å². The van der Waals surface area contributed by atoms with Gasteiger partial charge in [-0.15, -0.1) is 0 Å². The minimum Gasteiger partial charge on any atom is -0.444 e. The molecule has 0 unspecified atom stereocenters. The molecule has 0 saturated carbocycles. The lowest BCUT2D eigenvalue weighted by molar-refractivity contribution is -0.382. The maximum absolute atomic E-state index is 12.7. The van der Waals surface area contributed by atoms with Crippen molar-refractivity contribution in [3.05, 3.63) is 98.8 Å². The summed E-state index contributed by atoms with van der Waals surface area (Å²) in [4.78, 5) is 46.1. The Balaban J connectivity index is 1.48. The molecule has 34 heavy (non-hydrogen) atoms. The van der Waals surface area contributed by atoms with Gasteiger partial charge in [0.2, 0.25) is 0 Å². The lowest BCUT2D eigenvalue weighted by Gasteiger charge is -2.07. The van der Waals surface area contributed by atoms with E-state index >= 15 is 0 Å². The van der Waals surface area contributed by atoms with Gasteiger partial charge in [0.1, 0.15) is 12.3 Å². The van der Waals surface area contributed by atoms with Crippen molar-refractivity contribution in [1.82, 2.24) is 15.0 Å². The van der Waals surface area contributed by atoms with E-state index in [1.807, 2.05) is 6.07 Å². The Kier molecular flexibility index (Phi) is 5.23. The molecule has 0 radical (unpaired) electrons. The first-order valence-corrected chi connectivity index (χ1v) is 10.3. The largest absolute Gasteiger partial charge is 0.444 e. The van der Waals surface area contributed by atoms with Crippen molar-refractivity contribution in [2.45, 2.75) is 6.61 Å². The number of nitrogens with zero attached hydrogens (tertiary/aromatic N) is 2. The summed E-state index contributed by atoms with van der Waals surface area (Å²) in [7, 11) is 0. The number of rotatable bonds is 5. The first-order valence-electron chi connectivity index (χ1n) is 10.3. The molecule has 5 aromatic rings. The highest BCUT2D eigenvalue weighted by atomic mass is 16.6. The number of aromatic nitrogens is 3. The zero-order valence-electron chi connectivity index (χ0n) is 17.6. The summed E-state index contributed by atoms with van der Waals surface area (Å²) in [6, 6.07) is 20.6. The fourth-order valence-electron chi connectivity index (χ4n) is 3.70. The maximum Gasteiger partial charge on any atom is 0.411 e. The first-order chi connectivity index (χ1) is 16.5. The average molecular weight is 455 g/mol. The highest BCUT2D eigenvalue weighted by Crippen LogP contribution is 2.35. The predicted molar refractivity (Wildman–Crippen MR) is 127 cm³/mol. The van der Waals surface area contributed by atoms with E-state index < -0.39 is 16.6 Å². The molecular formula is C24H17N5O5. The monoisotopic (exact) mass is 455 g/mol. The van der Waals surface area contributed by atoms with Crippen LogP contribution in [0.15, 0.2) is 77.6 Å². The van der Waals surface area contributed by atoms with Gasteiger partial charge in [-0.05, 0) is 42.0 Å². The molecule has 0 aliphatic rings. The highest BCUT2D eigenvalue weighted by Gasteiger charge is 2.26. The maximum atomic E-state index is 12.7. The van der Waals surface area contributed by atoms with Gasteiger partial charge in [-0.2, -0.15) is 0 Å². The third-order valence-corrected chi connectivity index (χ3v) is 5.24. The third-order valence-electron chi connectivity index (χ3n) is 5.24. The number of aromatic amines is 2. The Morgan fingerprint density at radius 3 is 2.56 bits per heavy atom. The van der Waals surface area contributed by atoms with Crippen molar-refractivity contribution < 1.29 is 14.5 Å². The SMILES string of the molecule is O=C(Nc1ccccc1)OCc1ccc2[nH]c(-c3nc4ccccc4[nH]c3=O)c([N+](=O)[O-])c2c1. The van der Waals surface area contributed by atoms with Crippen LogP contribution in [0.2, 0.25) is 0 Å². The quantitative estimate of drug-likeness (QED) is 0.258. The van der Waals surface area contributed by atoms with E-state index in [4.69, 9.17) is 4.74 Å². The molecule has 168 valence electrons. The average Bonchev–Trinajstić information content (AvgIpc) is 3.22. The number of hydrogen-bond donors (Lipinski definition) is 3. The zero-order chi connectivity index (χ0) is 23.7. The molecule has 0 spiro atoms. The molecule has 10 nitrogen and oxygen atoms in total. The molecule has 1 amide bonds. The van der Waals surface area contributed by atoms with Crippen molar-refractivity contribution in [2.75, 3.05) is 5.32 Å². The number of fused-ring (bicyclic) bond motifs is 2. The molecule has 2 aromatic heterocycles. The zero-order valence-corrected chi connectivity index (χ0v) is 17.6. The van der Waals surface area contributed by atoms with Crippen molar-refractivity contribution in [1.29, 1.82) is 0 Å². The second-order valence-corrected chi connectivity index (χ2v) is 7.48. The molecule has 0 atom stereocenters. The molecule has 5 rings (SSSR count). The number of benzene rings is 3. The lowest BCUT2D eigenvalue weighted by Crippen LogP contribution is -2.13. The number of H-pyrrole nitrogens is 2. The van der Waals surface area contributed by atoms with Crippen molar-refractivity contribution in [3.63, 3.8) is 0 Å². The molecule has 0 bridgehead atoms. The number of ether oxygens (including phenoxy) is 1. The van der Waals surface area contributed by atoms with Crippen molar-refractivity contribution >= 4 is 39.4 Å². The number of carbonyl (C=O) groups excluding carboxylic acids is 1. The van der Waals surface area contributed by atoms with E-state index in [2.05, 4.69) is 20.3 Å². The summed E-state index contributed by atoms with van der Waals surface area (Å²) in [6.45, 7) is -0.0961. The normalized spacial score (nSPS) is 10.9. The van der Waals surface area contributed by atoms with Gasteiger partial charge >= 0.3 is 11.8 Å². The molecule has 2 heterocycles. The van der Waals surface area contributed by atoms with Gasteiger partial charge in [0, 0.05) is 5.69 Å². The van der Waals surface area contributed by atoms with Gasteiger partial charge in [0.25, 0.3) is 5.56 Å². The Bertz CT molecular complexity index is 1610. The van der Waals surface area contributed by atoms with Crippen LogP contribution in [0.5, 0.6) is 0 Å². The summed E-state index contributed by atoms with van der Waals surface area (Å²) < 4.78 is 5.24. The van der Waals surface area contributed by atoms with E-state index in [1.54, 1.807) is 66.7 Å². The smallest absolute Gasteiger partial charge is 0.411 e. The van der Waals surface area contributed by atoms with Gasteiger partial charge in [-0.3, -0.25) is 20.2 Å². The number of hydrogen-bond acceptors (Lipinski definition) is 6. The van der Waals surface area contributed by atoms with Gasteiger partial charge < -0.3 is 14.7 Å². The van der Waals surface area contributed by atoms with Crippen molar-refractivity contribution in [3.8, 4) is 11.4 Å². The van der Waals surface area contributed by atoms with Crippen LogP contribution in [-0.4, -0.2) is 26.0 Å². The number of amides is 1. The Morgan fingerprint density at radius 1 is 1.00 bits per heavy atom. The third kappa shape index (κ3) is 3.95. The van der Waals surface area contributed by atoms with Crippen LogP contribution in [-0.2, 0) is 11.3 Å². The molecule has 10 heteroatoms. The second-order valence-electron chi connectivity index (χ2n) is 7.48. The Labute approximate surface area is 191 Å². The summed E-state index contributed by atoms with van der Waals surface area (Å²) in [5.41, 5.74) is 1.72. The summed E-state index contributed by atoms with van der Waals surface area (Å²) in [5, 5.41) is 14.9. The summed E-state index contributed by atoms with van der Waals surface area (Å²) in [5.74, 6) is 0. The lowest BCUT2D eigenvalue weighted by atomic mass is 10.1. The number of para-hydroxylation sites is 3. The number of nitro groups is 1. The van der Waals surface area contributed by atoms with Crippen LogP contribution in [0, 0.1) is 10.1 Å². The molecule has 0 aliphatic carbocycles. The van der Waals surface area contributed by atoms with E-state index in [0.29, 0.717) is 27.8 Å². The topological polar surface area (TPSA) is 143 Å². The Hall–Kier alpha value is -4.99. The highest BCUT2D eigenvalue weighted by molar-refractivity contribution is 5.97. The van der Waals surface area contributed by atoms with Gasteiger partial charge in [-0.1, -0.05) is 36.4 Å². The molecule has 3 aromatic carbocycles. The summed E-state index contributed by atoms with van der Waals surface area (Å²) in [6.07, 6.45) is -0.651. The van der Waals surface area contributed by atoms with Crippen LogP contribution < -0.4 is 10.9 Å². The minimum atomic E-state index is -0.651. The number of anilines is 1. The summed E-state index contributed by atoms with van der Waals surface area (Å²) >= 11 is 0. The molecule has 0 fully saturated rings. The standard InChI is InChI=1S/C24H17N5O5/c30-23-21(27-18-8-4-5-9-19(18)28-23)20-22(29(32)33)16-12-14(10-11-17(16)26-20)13-34-24(31)25-15-6-2-1-3-7-15/h1-12,26H,13H2,(H,25,31)(H,28,30). The molecular weight excluding hydrogens is 438 g/mol. The van der Waals surface area contributed by atoms with Gasteiger partial charge in [-0.25, -0.2) is 9.78 Å².